The van der Waals surface area contributed by atoms with E-state index in [1.165, 1.54) is 6.07 Å². The van der Waals surface area contributed by atoms with Gasteiger partial charge in [0.2, 0.25) is 12.0 Å². The van der Waals surface area contributed by atoms with E-state index in [0.717, 1.165) is 0 Å². The Bertz CT molecular complexity index is 596. The molecule has 1 atom stereocenters. The number of aliphatic hydroxyl groups is 1. The lowest BCUT2D eigenvalue weighted by Crippen LogP contribution is -2.10. The highest BCUT2D eigenvalue weighted by molar-refractivity contribution is 5.80. The summed E-state index contributed by atoms with van der Waals surface area (Å²) in [5.74, 6) is -1.78. The maximum Gasteiger partial charge on any atom is 0.342 e. The SMILES string of the molecule is N#Cc1cccc2oc(C(O)C(=O)O)nc12. The van der Waals surface area contributed by atoms with E-state index in [1.807, 2.05) is 6.07 Å². The number of carbonyl (C=O) groups is 1. The maximum absolute atomic E-state index is 10.5. The molecule has 0 radical (unpaired) electrons. The van der Waals surface area contributed by atoms with Crippen LogP contribution in [0.15, 0.2) is 22.6 Å². The van der Waals surface area contributed by atoms with Gasteiger partial charge in [-0.1, -0.05) is 6.07 Å². The Labute approximate surface area is 89.4 Å². The number of hydrogen-bond acceptors (Lipinski definition) is 5. The molecule has 1 aromatic heterocycles. The van der Waals surface area contributed by atoms with E-state index in [2.05, 4.69) is 4.98 Å². The van der Waals surface area contributed by atoms with E-state index in [-0.39, 0.29) is 22.6 Å². The van der Waals surface area contributed by atoms with Gasteiger partial charge in [-0.15, -0.1) is 0 Å². The van der Waals surface area contributed by atoms with Crippen LogP contribution in [0.2, 0.25) is 0 Å². The highest BCUT2D eigenvalue weighted by Crippen LogP contribution is 2.22. The molecular weight excluding hydrogens is 212 g/mol. The van der Waals surface area contributed by atoms with E-state index >= 15 is 0 Å². The Balaban J connectivity index is 2.61. The number of rotatable bonds is 2. The van der Waals surface area contributed by atoms with Crippen molar-refractivity contribution in [3.05, 3.63) is 29.7 Å². The second-order valence-electron chi connectivity index (χ2n) is 3.06. The lowest BCUT2D eigenvalue weighted by atomic mass is 10.2. The number of carboxylic acid groups (broad SMARTS) is 1. The zero-order valence-electron chi connectivity index (χ0n) is 7.91. The molecule has 2 N–H and O–H groups in total. The number of nitrogens with zero attached hydrogens (tertiary/aromatic N) is 2. The van der Waals surface area contributed by atoms with Crippen LogP contribution in [0.25, 0.3) is 11.1 Å². The molecule has 2 aromatic rings. The Kier molecular flexibility index (Phi) is 2.31. The quantitative estimate of drug-likeness (QED) is 0.772. The average Bonchev–Trinajstić information content (AvgIpc) is 2.70. The molecule has 0 amide bonds. The number of aliphatic hydroxyl groups excluding tert-OH is 1. The van der Waals surface area contributed by atoms with Gasteiger partial charge in [0.15, 0.2) is 5.58 Å². The van der Waals surface area contributed by atoms with Crippen LogP contribution in [-0.2, 0) is 4.79 Å². The van der Waals surface area contributed by atoms with Crippen LogP contribution in [0.5, 0.6) is 0 Å². The fourth-order valence-corrected chi connectivity index (χ4v) is 1.28. The summed E-state index contributed by atoms with van der Waals surface area (Å²) < 4.78 is 5.04. The van der Waals surface area contributed by atoms with Gasteiger partial charge >= 0.3 is 5.97 Å². The molecule has 0 saturated carbocycles. The van der Waals surface area contributed by atoms with Crippen molar-refractivity contribution in [1.29, 1.82) is 5.26 Å². The van der Waals surface area contributed by atoms with Gasteiger partial charge in [-0.25, -0.2) is 9.78 Å². The molecule has 0 aliphatic heterocycles. The molecule has 0 fully saturated rings. The molecule has 0 bridgehead atoms. The van der Waals surface area contributed by atoms with Gasteiger partial charge in [-0.05, 0) is 12.1 Å². The van der Waals surface area contributed by atoms with Crippen LogP contribution in [0.1, 0.15) is 17.6 Å². The molecule has 16 heavy (non-hydrogen) atoms. The number of aliphatic carboxylic acids is 1. The van der Waals surface area contributed by atoms with E-state index in [1.54, 1.807) is 12.1 Å². The third-order valence-electron chi connectivity index (χ3n) is 2.02. The van der Waals surface area contributed by atoms with Crippen molar-refractivity contribution in [3.8, 4) is 6.07 Å². The van der Waals surface area contributed by atoms with Crippen molar-refractivity contribution in [3.63, 3.8) is 0 Å². The molecule has 1 heterocycles. The van der Waals surface area contributed by atoms with Gasteiger partial charge in [0.25, 0.3) is 0 Å². The monoisotopic (exact) mass is 218 g/mol. The van der Waals surface area contributed by atoms with Crippen LogP contribution < -0.4 is 0 Å². The molecule has 6 heteroatoms. The van der Waals surface area contributed by atoms with Crippen molar-refractivity contribution in [2.24, 2.45) is 0 Å². The fourth-order valence-electron chi connectivity index (χ4n) is 1.28. The third kappa shape index (κ3) is 1.49. The van der Waals surface area contributed by atoms with Gasteiger partial charge in [0, 0.05) is 0 Å². The van der Waals surface area contributed by atoms with E-state index in [0.29, 0.717) is 0 Å². The molecule has 0 aliphatic rings. The molecule has 1 aromatic carbocycles. The normalized spacial score (nSPS) is 12.2. The first-order valence-electron chi connectivity index (χ1n) is 4.34. The summed E-state index contributed by atoms with van der Waals surface area (Å²) in [5, 5.41) is 26.6. The second-order valence-corrected chi connectivity index (χ2v) is 3.06. The van der Waals surface area contributed by atoms with Crippen molar-refractivity contribution in [2.75, 3.05) is 0 Å². The summed E-state index contributed by atoms with van der Waals surface area (Å²) in [5.41, 5.74) is 0.791. The first-order valence-corrected chi connectivity index (χ1v) is 4.34. The summed E-state index contributed by atoms with van der Waals surface area (Å²) in [6.45, 7) is 0. The van der Waals surface area contributed by atoms with Gasteiger partial charge in [0.05, 0.1) is 5.56 Å². The van der Waals surface area contributed by atoms with Gasteiger partial charge in [-0.3, -0.25) is 0 Å². The topological polar surface area (TPSA) is 107 Å². The summed E-state index contributed by atoms with van der Waals surface area (Å²) in [7, 11) is 0. The van der Waals surface area contributed by atoms with Crippen molar-refractivity contribution in [2.45, 2.75) is 6.10 Å². The molecule has 2 rings (SSSR count). The number of benzene rings is 1. The average molecular weight is 218 g/mol. The highest BCUT2D eigenvalue weighted by atomic mass is 16.4. The standard InChI is InChI=1S/C10H6N2O4/c11-4-5-2-1-3-6-7(5)12-9(16-6)8(13)10(14)15/h1-3,8,13H,(H,14,15). The van der Waals surface area contributed by atoms with Crippen molar-refractivity contribution < 1.29 is 19.4 Å². The molecule has 6 nitrogen and oxygen atoms in total. The Morgan fingerprint density at radius 1 is 1.56 bits per heavy atom. The minimum absolute atomic E-state index is 0.250. The second kappa shape index (κ2) is 3.64. The van der Waals surface area contributed by atoms with E-state index in [4.69, 9.17) is 14.8 Å². The number of nitriles is 1. The maximum atomic E-state index is 10.5. The minimum Gasteiger partial charge on any atom is -0.479 e. The number of hydrogen-bond donors (Lipinski definition) is 2. The number of para-hydroxylation sites is 1. The summed E-state index contributed by atoms with van der Waals surface area (Å²) in [4.78, 5) is 14.3. The summed E-state index contributed by atoms with van der Waals surface area (Å²) in [6, 6.07) is 6.56. The van der Waals surface area contributed by atoms with Crippen LogP contribution in [0.4, 0.5) is 0 Å². The number of oxazole rings is 1. The molecular formula is C10H6N2O4. The van der Waals surface area contributed by atoms with Crippen molar-refractivity contribution in [1.82, 2.24) is 4.98 Å². The Morgan fingerprint density at radius 3 is 2.94 bits per heavy atom. The molecule has 0 aliphatic carbocycles. The highest BCUT2D eigenvalue weighted by Gasteiger charge is 2.23. The van der Waals surface area contributed by atoms with Crippen LogP contribution in [-0.4, -0.2) is 21.2 Å². The van der Waals surface area contributed by atoms with Crippen LogP contribution >= 0.6 is 0 Å². The summed E-state index contributed by atoms with van der Waals surface area (Å²) in [6.07, 6.45) is -1.82. The zero-order chi connectivity index (χ0) is 11.7. The predicted molar refractivity (Wildman–Crippen MR) is 51.3 cm³/mol. The Morgan fingerprint density at radius 2 is 2.31 bits per heavy atom. The Hall–Kier alpha value is -2.39. The first kappa shape index (κ1) is 10.1. The predicted octanol–water partition coefficient (Wildman–Crippen LogP) is 0.817. The molecule has 80 valence electrons. The first-order chi connectivity index (χ1) is 7.63. The van der Waals surface area contributed by atoms with Gasteiger partial charge in [0.1, 0.15) is 11.6 Å². The molecule has 0 spiro atoms. The van der Waals surface area contributed by atoms with Gasteiger partial charge in [-0.2, -0.15) is 5.26 Å². The largest absolute Gasteiger partial charge is 0.479 e. The van der Waals surface area contributed by atoms with Crippen molar-refractivity contribution >= 4 is 17.1 Å². The van der Waals surface area contributed by atoms with Crippen LogP contribution in [0, 0.1) is 11.3 Å². The molecule has 0 saturated heterocycles. The molecule has 1 unspecified atom stereocenters. The van der Waals surface area contributed by atoms with E-state index < -0.39 is 12.1 Å². The number of carboxylic acids is 1. The smallest absolute Gasteiger partial charge is 0.342 e. The zero-order valence-corrected chi connectivity index (χ0v) is 7.91. The summed E-state index contributed by atoms with van der Waals surface area (Å²) >= 11 is 0. The van der Waals surface area contributed by atoms with Gasteiger partial charge < -0.3 is 14.6 Å². The number of aromatic nitrogens is 1. The fraction of sp³-hybridized carbons (Fsp3) is 0.100. The lowest BCUT2D eigenvalue weighted by molar-refractivity contribution is -0.148. The number of fused-ring (bicyclic) bond motifs is 1. The minimum atomic E-state index is -1.82. The lowest BCUT2D eigenvalue weighted by Gasteiger charge is -1.96. The van der Waals surface area contributed by atoms with E-state index in [9.17, 15) is 9.90 Å². The third-order valence-corrected chi connectivity index (χ3v) is 2.02. The van der Waals surface area contributed by atoms with Crippen LogP contribution in [0.3, 0.4) is 0 Å².